The maximum Gasteiger partial charge on any atom is 0.204 e. The molecule has 0 saturated heterocycles. The van der Waals surface area contributed by atoms with Gasteiger partial charge in [-0.05, 0) is 30.0 Å². The predicted octanol–water partition coefficient (Wildman–Crippen LogP) is 4.09. The zero-order chi connectivity index (χ0) is 15.9. The van der Waals surface area contributed by atoms with Crippen molar-refractivity contribution in [1.82, 2.24) is 20.2 Å². The van der Waals surface area contributed by atoms with Gasteiger partial charge < -0.3 is 0 Å². The highest BCUT2D eigenvalue weighted by Crippen LogP contribution is 2.18. The minimum Gasteiger partial charge on any atom is -0.157 e. The van der Waals surface area contributed by atoms with E-state index in [1.54, 1.807) is 4.80 Å². The molecule has 23 heavy (non-hydrogen) atoms. The second-order valence-electron chi connectivity index (χ2n) is 5.48. The number of aromatic nitrogens is 4. The Kier molecular flexibility index (Phi) is 4.94. The van der Waals surface area contributed by atoms with Crippen molar-refractivity contribution in [1.29, 1.82) is 0 Å². The van der Waals surface area contributed by atoms with Gasteiger partial charge in [0.15, 0.2) is 0 Å². The minimum atomic E-state index is 0.0728. The summed E-state index contributed by atoms with van der Waals surface area (Å²) in [7, 11) is 0. The number of tetrazole rings is 1. The maximum absolute atomic E-state index is 4.50. The molecule has 4 nitrogen and oxygen atoms in total. The van der Waals surface area contributed by atoms with E-state index in [2.05, 4.69) is 46.3 Å². The van der Waals surface area contributed by atoms with E-state index >= 15 is 0 Å². The second kappa shape index (κ2) is 7.49. The van der Waals surface area contributed by atoms with Crippen LogP contribution < -0.4 is 0 Å². The largest absolute Gasteiger partial charge is 0.204 e. The summed E-state index contributed by atoms with van der Waals surface area (Å²) in [6, 6.07) is 20.5. The van der Waals surface area contributed by atoms with Gasteiger partial charge in [0.05, 0.1) is 6.04 Å². The lowest BCUT2D eigenvalue weighted by Gasteiger charge is -2.10. The lowest BCUT2D eigenvalue weighted by atomic mass is 10.1. The molecule has 0 spiro atoms. The van der Waals surface area contributed by atoms with Crippen LogP contribution in [0.2, 0.25) is 0 Å². The van der Waals surface area contributed by atoms with E-state index in [9.17, 15) is 0 Å². The van der Waals surface area contributed by atoms with E-state index in [1.807, 2.05) is 42.5 Å². The lowest BCUT2D eigenvalue weighted by Crippen LogP contribution is -2.10. The molecule has 116 valence electrons. The minimum absolute atomic E-state index is 0.0728. The molecule has 3 rings (SSSR count). The van der Waals surface area contributed by atoms with Gasteiger partial charge in [0.1, 0.15) is 0 Å². The predicted molar refractivity (Wildman–Crippen MR) is 91.9 cm³/mol. The summed E-state index contributed by atoms with van der Waals surface area (Å²) in [6.07, 6.45) is 4.94. The first-order chi connectivity index (χ1) is 11.4. The van der Waals surface area contributed by atoms with Gasteiger partial charge in [-0.25, -0.2) is 0 Å². The first-order valence-electron chi connectivity index (χ1n) is 7.88. The van der Waals surface area contributed by atoms with E-state index in [0.29, 0.717) is 5.82 Å². The third-order valence-electron chi connectivity index (χ3n) is 3.84. The highest BCUT2D eigenvalue weighted by molar-refractivity contribution is 5.52. The standard InChI is InChI=1S/C19H20N4/c1-2-18(15-9-12-16-10-5-3-6-11-16)23-21-19(20-22-23)17-13-7-4-8-14-17/h2-8,10-11,13-14,18H,1,9,12,15H2/t18-/m0/s1. The molecule has 0 amide bonds. The molecule has 1 aromatic heterocycles. The average Bonchev–Trinajstić information content (AvgIpc) is 3.10. The Hall–Kier alpha value is -2.75. The molecule has 0 aliphatic carbocycles. The number of allylic oxidation sites excluding steroid dienone is 1. The molecule has 0 bridgehead atoms. The van der Waals surface area contributed by atoms with E-state index in [1.165, 1.54) is 5.56 Å². The van der Waals surface area contributed by atoms with Gasteiger partial charge in [0.2, 0.25) is 5.82 Å². The first kappa shape index (κ1) is 15.2. The number of hydrogen-bond acceptors (Lipinski definition) is 3. The van der Waals surface area contributed by atoms with Gasteiger partial charge in [-0.1, -0.05) is 66.7 Å². The average molecular weight is 304 g/mol. The molecule has 4 heteroatoms. The molecule has 1 atom stereocenters. The van der Waals surface area contributed by atoms with Gasteiger partial charge in [-0.15, -0.1) is 16.8 Å². The van der Waals surface area contributed by atoms with Crippen molar-refractivity contribution in [2.75, 3.05) is 0 Å². The topological polar surface area (TPSA) is 43.6 Å². The first-order valence-corrected chi connectivity index (χ1v) is 7.88. The number of rotatable bonds is 7. The smallest absolute Gasteiger partial charge is 0.157 e. The fraction of sp³-hybridized carbons (Fsp3) is 0.211. The Labute approximate surface area is 136 Å². The van der Waals surface area contributed by atoms with Crippen molar-refractivity contribution in [2.45, 2.75) is 25.3 Å². The molecule has 0 saturated carbocycles. The summed E-state index contributed by atoms with van der Waals surface area (Å²) in [5.74, 6) is 0.653. The summed E-state index contributed by atoms with van der Waals surface area (Å²) in [4.78, 5) is 1.67. The molecule has 2 aromatic carbocycles. The Morgan fingerprint density at radius 1 is 1.00 bits per heavy atom. The van der Waals surface area contributed by atoms with Crippen LogP contribution in [0.4, 0.5) is 0 Å². The van der Waals surface area contributed by atoms with Gasteiger partial charge in [-0.2, -0.15) is 4.80 Å². The number of benzene rings is 2. The second-order valence-corrected chi connectivity index (χ2v) is 5.48. The zero-order valence-corrected chi connectivity index (χ0v) is 13.0. The van der Waals surface area contributed by atoms with Gasteiger partial charge in [0.25, 0.3) is 0 Å². The molecule has 0 unspecified atom stereocenters. The molecule has 1 heterocycles. The number of hydrogen-bond donors (Lipinski definition) is 0. The van der Waals surface area contributed by atoms with E-state index < -0.39 is 0 Å². The van der Waals surface area contributed by atoms with Gasteiger partial charge in [0, 0.05) is 5.56 Å². The fourth-order valence-electron chi connectivity index (χ4n) is 2.56. The van der Waals surface area contributed by atoms with Crippen molar-refractivity contribution >= 4 is 0 Å². The number of nitrogens with zero attached hydrogens (tertiary/aromatic N) is 4. The highest BCUT2D eigenvalue weighted by Gasteiger charge is 2.12. The van der Waals surface area contributed by atoms with E-state index in [4.69, 9.17) is 0 Å². The Balaban J connectivity index is 1.62. The fourth-order valence-corrected chi connectivity index (χ4v) is 2.56. The summed E-state index contributed by atoms with van der Waals surface area (Å²) in [5, 5.41) is 12.8. The molecular formula is C19H20N4. The van der Waals surface area contributed by atoms with E-state index in [0.717, 1.165) is 24.8 Å². The van der Waals surface area contributed by atoms with Crippen LogP contribution in [-0.4, -0.2) is 20.2 Å². The monoisotopic (exact) mass is 304 g/mol. The number of aryl methyl sites for hydroxylation is 1. The van der Waals surface area contributed by atoms with Crippen molar-refractivity contribution < 1.29 is 0 Å². The SMILES string of the molecule is C=C[C@@H](CCCc1ccccc1)n1nnc(-c2ccccc2)n1. The van der Waals surface area contributed by atoms with Crippen LogP contribution in [0.5, 0.6) is 0 Å². The Bertz CT molecular complexity index is 734. The van der Waals surface area contributed by atoms with Gasteiger partial charge >= 0.3 is 0 Å². The van der Waals surface area contributed by atoms with Crippen LogP contribution in [0, 0.1) is 0 Å². The summed E-state index contributed by atoms with van der Waals surface area (Å²) in [6.45, 7) is 3.92. The summed E-state index contributed by atoms with van der Waals surface area (Å²) < 4.78 is 0. The summed E-state index contributed by atoms with van der Waals surface area (Å²) >= 11 is 0. The molecular weight excluding hydrogens is 284 g/mol. The van der Waals surface area contributed by atoms with Crippen molar-refractivity contribution in [3.8, 4) is 11.4 Å². The van der Waals surface area contributed by atoms with Crippen LogP contribution in [0.25, 0.3) is 11.4 Å². The van der Waals surface area contributed by atoms with Crippen molar-refractivity contribution in [3.05, 3.63) is 78.9 Å². The Morgan fingerprint density at radius 3 is 2.39 bits per heavy atom. The quantitative estimate of drug-likeness (QED) is 0.617. The van der Waals surface area contributed by atoms with Crippen molar-refractivity contribution in [2.24, 2.45) is 0 Å². The highest BCUT2D eigenvalue weighted by atomic mass is 15.6. The van der Waals surface area contributed by atoms with Crippen LogP contribution in [-0.2, 0) is 6.42 Å². The van der Waals surface area contributed by atoms with Crippen LogP contribution >= 0.6 is 0 Å². The lowest BCUT2D eigenvalue weighted by molar-refractivity contribution is 0.429. The van der Waals surface area contributed by atoms with Crippen LogP contribution in [0.3, 0.4) is 0 Å². The normalized spacial score (nSPS) is 12.0. The third-order valence-corrected chi connectivity index (χ3v) is 3.84. The zero-order valence-electron chi connectivity index (χ0n) is 13.0. The van der Waals surface area contributed by atoms with Crippen LogP contribution in [0.1, 0.15) is 24.4 Å². The van der Waals surface area contributed by atoms with E-state index in [-0.39, 0.29) is 6.04 Å². The molecule has 0 aliphatic heterocycles. The maximum atomic E-state index is 4.50. The Morgan fingerprint density at radius 2 is 1.70 bits per heavy atom. The third kappa shape index (κ3) is 3.92. The molecule has 0 N–H and O–H groups in total. The molecule has 0 fully saturated rings. The molecule has 0 aliphatic rings. The summed E-state index contributed by atoms with van der Waals surface area (Å²) in [5.41, 5.74) is 2.33. The van der Waals surface area contributed by atoms with Crippen LogP contribution in [0.15, 0.2) is 73.3 Å². The molecule has 3 aromatic rings. The van der Waals surface area contributed by atoms with Gasteiger partial charge in [-0.3, -0.25) is 0 Å². The van der Waals surface area contributed by atoms with Crippen molar-refractivity contribution in [3.63, 3.8) is 0 Å². The molecule has 0 radical (unpaired) electrons.